The summed E-state index contributed by atoms with van der Waals surface area (Å²) in [6, 6.07) is 17.2. The van der Waals surface area contributed by atoms with Gasteiger partial charge in [0.1, 0.15) is 12.4 Å². The quantitative estimate of drug-likeness (QED) is 0.723. The SMILES string of the molecule is CC(SCC(O)COc1ccc(Nc2ccccc2)cc1)C(=O)[O-]. The highest BCUT2D eigenvalue weighted by Crippen LogP contribution is 2.20. The summed E-state index contributed by atoms with van der Waals surface area (Å²) in [7, 11) is 0. The van der Waals surface area contributed by atoms with E-state index >= 15 is 0 Å². The summed E-state index contributed by atoms with van der Waals surface area (Å²) in [5.41, 5.74) is 1.94. The number of hydrogen-bond acceptors (Lipinski definition) is 6. The number of ether oxygens (including phenoxy) is 1. The van der Waals surface area contributed by atoms with Crippen molar-refractivity contribution in [3.8, 4) is 5.75 Å². The predicted molar refractivity (Wildman–Crippen MR) is 94.6 cm³/mol. The van der Waals surface area contributed by atoms with Crippen molar-refractivity contribution in [2.24, 2.45) is 0 Å². The molecule has 2 aromatic carbocycles. The maximum atomic E-state index is 10.6. The molecule has 0 aliphatic carbocycles. The maximum Gasteiger partial charge on any atom is 0.119 e. The highest BCUT2D eigenvalue weighted by Gasteiger charge is 2.10. The van der Waals surface area contributed by atoms with Gasteiger partial charge in [0.25, 0.3) is 0 Å². The first-order valence-corrected chi connectivity index (χ1v) is 8.65. The molecular formula is C18H20NO4S-. The van der Waals surface area contributed by atoms with Gasteiger partial charge < -0.3 is 25.1 Å². The predicted octanol–water partition coefficient (Wildman–Crippen LogP) is 2.04. The summed E-state index contributed by atoms with van der Waals surface area (Å²) in [5.74, 6) is -0.205. The summed E-state index contributed by atoms with van der Waals surface area (Å²) >= 11 is 1.13. The monoisotopic (exact) mass is 346 g/mol. The van der Waals surface area contributed by atoms with E-state index in [-0.39, 0.29) is 12.4 Å². The van der Waals surface area contributed by atoms with Crippen molar-refractivity contribution < 1.29 is 19.7 Å². The lowest BCUT2D eigenvalue weighted by Gasteiger charge is -2.16. The molecule has 2 N–H and O–H groups in total. The van der Waals surface area contributed by atoms with E-state index in [1.807, 2.05) is 54.6 Å². The van der Waals surface area contributed by atoms with Crippen LogP contribution < -0.4 is 15.2 Å². The van der Waals surface area contributed by atoms with Gasteiger partial charge in [-0.25, -0.2) is 0 Å². The number of carbonyl (C=O) groups is 1. The van der Waals surface area contributed by atoms with E-state index in [0.717, 1.165) is 23.1 Å². The van der Waals surface area contributed by atoms with Gasteiger partial charge >= 0.3 is 0 Å². The van der Waals surface area contributed by atoms with Crippen LogP contribution in [0.3, 0.4) is 0 Å². The van der Waals surface area contributed by atoms with Gasteiger partial charge in [0.15, 0.2) is 0 Å². The van der Waals surface area contributed by atoms with Crippen molar-refractivity contribution in [3.05, 3.63) is 54.6 Å². The van der Waals surface area contributed by atoms with Crippen LogP contribution in [0.1, 0.15) is 6.92 Å². The van der Waals surface area contributed by atoms with E-state index < -0.39 is 17.3 Å². The number of carboxylic acids is 1. The molecule has 0 spiro atoms. The van der Waals surface area contributed by atoms with Crippen molar-refractivity contribution in [2.45, 2.75) is 18.3 Å². The molecule has 0 amide bonds. The van der Waals surface area contributed by atoms with Crippen LogP contribution in [0.5, 0.6) is 5.75 Å². The van der Waals surface area contributed by atoms with Crippen molar-refractivity contribution >= 4 is 29.1 Å². The lowest BCUT2D eigenvalue weighted by Crippen LogP contribution is -2.33. The Hall–Kier alpha value is -2.18. The Morgan fingerprint density at radius 3 is 2.42 bits per heavy atom. The van der Waals surface area contributed by atoms with Gasteiger partial charge in [-0.15, -0.1) is 11.8 Å². The number of aliphatic hydroxyl groups excluding tert-OH is 1. The van der Waals surface area contributed by atoms with E-state index in [1.54, 1.807) is 0 Å². The number of aliphatic carboxylic acids is 1. The lowest BCUT2D eigenvalue weighted by atomic mass is 10.2. The van der Waals surface area contributed by atoms with E-state index in [2.05, 4.69) is 5.32 Å². The zero-order valence-electron chi connectivity index (χ0n) is 13.3. The number of carboxylic acid groups (broad SMARTS) is 1. The summed E-state index contributed by atoms with van der Waals surface area (Å²) in [4.78, 5) is 10.6. The topological polar surface area (TPSA) is 81.6 Å². The third-order valence-corrected chi connectivity index (χ3v) is 4.50. The average molecular weight is 346 g/mol. The van der Waals surface area contributed by atoms with Crippen LogP contribution in [0, 0.1) is 0 Å². The Balaban J connectivity index is 1.76. The Morgan fingerprint density at radius 2 is 1.79 bits per heavy atom. The van der Waals surface area contributed by atoms with Gasteiger partial charge in [-0.3, -0.25) is 0 Å². The minimum absolute atomic E-state index is 0.109. The molecular weight excluding hydrogens is 326 g/mol. The van der Waals surface area contributed by atoms with Gasteiger partial charge in [-0.2, -0.15) is 0 Å². The minimum Gasteiger partial charge on any atom is -0.549 e. The Bertz CT molecular complexity index is 633. The number of anilines is 2. The molecule has 128 valence electrons. The van der Waals surface area contributed by atoms with Gasteiger partial charge in [-0.1, -0.05) is 18.2 Å². The molecule has 0 aromatic heterocycles. The highest BCUT2D eigenvalue weighted by molar-refractivity contribution is 8.00. The summed E-state index contributed by atoms with van der Waals surface area (Å²) in [6.07, 6.45) is -0.737. The molecule has 0 radical (unpaired) electrons. The normalized spacial score (nSPS) is 13.1. The van der Waals surface area contributed by atoms with Gasteiger partial charge in [0, 0.05) is 22.4 Å². The Morgan fingerprint density at radius 1 is 1.17 bits per heavy atom. The smallest absolute Gasteiger partial charge is 0.119 e. The highest BCUT2D eigenvalue weighted by atomic mass is 32.2. The van der Waals surface area contributed by atoms with Crippen molar-refractivity contribution in [1.29, 1.82) is 0 Å². The molecule has 2 unspecified atom stereocenters. The Labute approximate surface area is 145 Å². The molecule has 6 heteroatoms. The maximum absolute atomic E-state index is 10.6. The van der Waals surface area contributed by atoms with Crippen LogP contribution in [-0.4, -0.2) is 34.8 Å². The third-order valence-electron chi connectivity index (χ3n) is 3.23. The van der Waals surface area contributed by atoms with Gasteiger partial charge in [0.2, 0.25) is 0 Å². The summed E-state index contributed by atoms with van der Waals surface area (Å²) < 4.78 is 5.51. The first kappa shape index (κ1) is 18.2. The second-order valence-corrected chi connectivity index (χ2v) is 6.65. The number of benzene rings is 2. The van der Waals surface area contributed by atoms with E-state index in [9.17, 15) is 15.0 Å². The molecule has 5 nitrogen and oxygen atoms in total. The van der Waals surface area contributed by atoms with Gasteiger partial charge in [0.05, 0.1) is 12.1 Å². The van der Waals surface area contributed by atoms with E-state index in [0.29, 0.717) is 5.75 Å². The fourth-order valence-electron chi connectivity index (χ4n) is 1.89. The van der Waals surface area contributed by atoms with Crippen molar-refractivity contribution in [3.63, 3.8) is 0 Å². The second kappa shape index (κ2) is 9.20. The first-order valence-electron chi connectivity index (χ1n) is 7.60. The number of rotatable bonds is 9. The zero-order chi connectivity index (χ0) is 17.4. The average Bonchev–Trinajstić information content (AvgIpc) is 2.59. The number of hydrogen-bond donors (Lipinski definition) is 2. The fourth-order valence-corrected chi connectivity index (χ4v) is 2.63. The van der Waals surface area contributed by atoms with Crippen LogP contribution >= 0.6 is 11.8 Å². The molecule has 0 heterocycles. The van der Waals surface area contributed by atoms with Gasteiger partial charge in [-0.05, 0) is 43.3 Å². The number of aliphatic hydroxyl groups is 1. The molecule has 0 aliphatic heterocycles. The summed E-state index contributed by atoms with van der Waals surface area (Å²) in [5, 5.41) is 23.0. The molecule has 2 rings (SSSR count). The first-order chi connectivity index (χ1) is 11.5. The van der Waals surface area contributed by atoms with Crippen molar-refractivity contribution in [1.82, 2.24) is 0 Å². The molecule has 0 saturated heterocycles. The lowest BCUT2D eigenvalue weighted by molar-refractivity contribution is -0.304. The minimum atomic E-state index is -1.13. The number of para-hydroxylation sites is 1. The van der Waals surface area contributed by atoms with Crippen LogP contribution in [0.4, 0.5) is 11.4 Å². The van der Waals surface area contributed by atoms with E-state index in [1.165, 1.54) is 6.92 Å². The second-order valence-electron chi connectivity index (χ2n) is 5.27. The van der Waals surface area contributed by atoms with Crippen LogP contribution in [0.15, 0.2) is 54.6 Å². The largest absolute Gasteiger partial charge is 0.549 e. The molecule has 0 aliphatic rings. The molecule has 2 atom stereocenters. The molecule has 0 bridgehead atoms. The van der Waals surface area contributed by atoms with Crippen molar-refractivity contribution in [2.75, 3.05) is 17.7 Å². The fraction of sp³-hybridized carbons (Fsp3) is 0.278. The standard InChI is InChI=1S/C18H21NO4S/c1-13(18(21)22)24-12-16(20)11-23-17-9-7-15(8-10-17)19-14-5-3-2-4-6-14/h2-10,13,16,19-20H,11-12H2,1H3,(H,21,22)/p-1. The Kier molecular flexibility index (Phi) is 6.96. The molecule has 24 heavy (non-hydrogen) atoms. The summed E-state index contributed by atoms with van der Waals surface area (Å²) in [6.45, 7) is 1.64. The van der Waals surface area contributed by atoms with Crippen LogP contribution in [-0.2, 0) is 4.79 Å². The molecule has 0 saturated carbocycles. The van der Waals surface area contributed by atoms with E-state index in [4.69, 9.17) is 4.74 Å². The zero-order valence-corrected chi connectivity index (χ0v) is 14.2. The van der Waals surface area contributed by atoms with Crippen LogP contribution in [0.2, 0.25) is 0 Å². The molecule has 0 fully saturated rings. The molecule has 2 aromatic rings. The third kappa shape index (κ3) is 6.14. The number of nitrogens with one attached hydrogen (secondary N) is 1. The van der Waals surface area contributed by atoms with Crippen LogP contribution in [0.25, 0.3) is 0 Å². The number of carbonyl (C=O) groups excluding carboxylic acids is 1. The number of thioether (sulfide) groups is 1.